The van der Waals surface area contributed by atoms with Crippen LogP contribution in [-0.2, 0) is 0 Å². The molecule has 2 rings (SSSR count). The van der Waals surface area contributed by atoms with Crippen LogP contribution >= 0.6 is 0 Å². The van der Waals surface area contributed by atoms with Crippen LogP contribution < -0.4 is 5.32 Å². The smallest absolute Gasteiger partial charge is 0.164 e. The number of rotatable bonds is 5. The fraction of sp³-hybridized carbons (Fsp3) is 0.333. The standard InChI is InChI=1S/C15H18N2O/c1-3-16-11(2)9-15(18)13-7-6-12-5-4-8-17-14(12)10-13/h4-8,10-11,16H,3,9H2,1-2H3. The van der Waals surface area contributed by atoms with Gasteiger partial charge in [-0.25, -0.2) is 0 Å². The summed E-state index contributed by atoms with van der Waals surface area (Å²) in [4.78, 5) is 16.4. The Morgan fingerprint density at radius 1 is 1.39 bits per heavy atom. The number of carbonyl (C=O) groups is 1. The predicted octanol–water partition coefficient (Wildman–Crippen LogP) is 2.81. The molecule has 0 bridgehead atoms. The van der Waals surface area contributed by atoms with Crippen molar-refractivity contribution in [1.29, 1.82) is 0 Å². The zero-order valence-electron chi connectivity index (χ0n) is 10.8. The highest BCUT2D eigenvalue weighted by Crippen LogP contribution is 2.15. The van der Waals surface area contributed by atoms with E-state index in [0.717, 1.165) is 23.0 Å². The molecular weight excluding hydrogens is 224 g/mol. The lowest BCUT2D eigenvalue weighted by atomic mass is 10.0. The van der Waals surface area contributed by atoms with Crippen LogP contribution in [0.1, 0.15) is 30.6 Å². The number of benzene rings is 1. The molecule has 0 aliphatic heterocycles. The zero-order valence-corrected chi connectivity index (χ0v) is 10.8. The number of carbonyl (C=O) groups excluding carboxylic acids is 1. The number of nitrogens with zero attached hydrogens (tertiary/aromatic N) is 1. The lowest BCUT2D eigenvalue weighted by Gasteiger charge is -2.11. The van der Waals surface area contributed by atoms with E-state index in [9.17, 15) is 4.79 Å². The van der Waals surface area contributed by atoms with Gasteiger partial charge in [0.25, 0.3) is 0 Å². The van der Waals surface area contributed by atoms with E-state index >= 15 is 0 Å². The van der Waals surface area contributed by atoms with Gasteiger partial charge in [0.05, 0.1) is 5.52 Å². The molecule has 1 heterocycles. The maximum atomic E-state index is 12.1. The molecule has 0 spiro atoms. The van der Waals surface area contributed by atoms with Gasteiger partial charge in [-0.2, -0.15) is 0 Å². The second-order valence-electron chi connectivity index (χ2n) is 4.50. The SMILES string of the molecule is CCNC(C)CC(=O)c1ccc2cccnc2c1. The molecule has 3 heteroatoms. The zero-order chi connectivity index (χ0) is 13.0. The molecule has 1 aromatic carbocycles. The molecule has 1 aromatic heterocycles. The molecule has 94 valence electrons. The van der Waals surface area contributed by atoms with Crippen LogP contribution in [-0.4, -0.2) is 23.4 Å². The van der Waals surface area contributed by atoms with Gasteiger partial charge in [0.1, 0.15) is 0 Å². The molecule has 3 nitrogen and oxygen atoms in total. The lowest BCUT2D eigenvalue weighted by molar-refractivity contribution is 0.0972. The molecule has 0 amide bonds. The van der Waals surface area contributed by atoms with Crippen LogP contribution in [0.25, 0.3) is 10.9 Å². The van der Waals surface area contributed by atoms with Gasteiger partial charge >= 0.3 is 0 Å². The monoisotopic (exact) mass is 242 g/mol. The number of hydrogen-bond acceptors (Lipinski definition) is 3. The first-order valence-electron chi connectivity index (χ1n) is 6.32. The van der Waals surface area contributed by atoms with Crippen molar-refractivity contribution in [2.24, 2.45) is 0 Å². The van der Waals surface area contributed by atoms with E-state index in [1.54, 1.807) is 6.20 Å². The van der Waals surface area contributed by atoms with Gasteiger partial charge in [-0.05, 0) is 25.6 Å². The topological polar surface area (TPSA) is 42.0 Å². The Hall–Kier alpha value is -1.74. The van der Waals surface area contributed by atoms with E-state index in [1.165, 1.54) is 0 Å². The molecular formula is C15H18N2O. The van der Waals surface area contributed by atoms with Crippen molar-refractivity contribution < 1.29 is 4.79 Å². The predicted molar refractivity (Wildman–Crippen MR) is 73.8 cm³/mol. The van der Waals surface area contributed by atoms with Crippen molar-refractivity contribution in [3.8, 4) is 0 Å². The van der Waals surface area contributed by atoms with E-state index < -0.39 is 0 Å². The van der Waals surface area contributed by atoms with Gasteiger partial charge in [0.2, 0.25) is 0 Å². The number of nitrogens with one attached hydrogen (secondary N) is 1. The second-order valence-corrected chi connectivity index (χ2v) is 4.50. The highest BCUT2D eigenvalue weighted by molar-refractivity contribution is 5.99. The first-order chi connectivity index (χ1) is 8.70. The molecule has 0 radical (unpaired) electrons. The largest absolute Gasteiger partial charge is 0.314 e. The van der Waals surface area contributed by atoms with Crippen molar-refractivity contribution in [1.82, 2.24) is 10.3 Å². The average molecular weight is 242 g/mol. The fourth-order valence-corrected chi connectivity index (χ4v) is 2.06. The number of pyridine rings is 1. The van der Waals surface area contributed by atoms with Gasteiger partial charge in [-0.1, -0.05) is 25.1 Å². The van der Waals surface area contributed by atoms with E-state index in [0.29, 0.717) is 6.42 Å². The third kappa shape index (κ3) is 2.93. The van der Waals surface area contributed by atoms with Gasteiger partial charge in [-0.3, -0.25) is 9.78 Å². The number of ketones is 1. The van der Waals surface area contributed by atoms with Gasteiger partial charge in [-0.15, -0.1) is 0 Å². The summed E-state index contributed by atoms with van der Waals surface area (Å²) >= 11 is 0. The highest BCUT2D eigenvalue weighted by Gasteiger charge is 2.11. The van der Waals surface area contributed by atoms with Gasteiger partial charge in [0.15, 0.2) is 5.78 Å². The van der Waals surface area contributed by atoms with E-state index in [4.69, 9.17) is 0 Å². The minimum absolute atomic E-state index is 0.163. The Morgan fingerprint density at radius 2 is 2.22 bits per heavy atom. The first-order valence-corrected chi connectivity index (χ1v) is 6.32. The third-order valence-corrected chi connectivity index (χ3v) is 2.97. The molecule has 0 aliphatic carbocycles. The molecule has 0 aliphatic rings. The molecule has 2 aromatic rings. The highest BCUT2D eigenvalue weighted by atomic mass is 16.1. The quantitative estimate of drug-likeness (QED) is 0.820. The van der Waals surface area contributed by atoms with Crippen molar-refractivity contribution in [2.45, 2.75) is 26.3 Å². The van der Waals surface area contributed by atoms with Crippen LogP contribution in [0.2, 0.25) is 0 Å². The summed E-state index contributed by atoms with van der Waals surface area (Å²) in [5, 5.41) is 4.31. The summed E-state index contributed by atoms with van der Waals surface area (Å²) in [6.45, 7) is 4.95. The molecule has 18 heavy (non-hydrogen) atoms. The fourth-order valence-electron chi connectivity index (χ4n) is 2.06. The number of Topliss-reactive ketones (excluding diaryl/α,β-unsaturated/α-hetero) is 1. The third-order valence-electron chi connectivity index (χ3n) is 2.97. The number of aromatic nitrogens is 1. The molecule has 1 N–H and O–H groups in total. The van der Waals surface area contributed by atoms with E-state index in [-0.39, 0.29) is 11.8 Å². The Balaban J connectivity index is 2.17. The van der Waals surface area contributed by atoms with E-state index in [2.05, 4.69) is 10.3 Å². The molecule has 0 saturated carbocycles. The molecule has 0 saturated heterocycles. The number of fused-ring (bicyclic) bond motifs is 1. The number of hydrogen-bond donors (Lipinski definition) is 1. The summed E-state index contributed by atoms with van der Waals surface area (Å²) in [5.74, 6) is 0.163. The summed E-state index contributed by atoms with van der Waals surface area (Å²) < 4.78 is 0. The molecule has 1 atom stereocenters. The average Bonchev–Trinajstić information content (AvgIpc) is 2.38. The first kappa shape index (κ1) is 12.7. The van der Waals surface area contributed by atoms with Crippen molar-refractivity contribution in [3.63, 3.8) is 0 Å². The van der Waals surface area contributed by atoms with E-state index in [1.807, 2.05) is 44.2 Å². The van der Waals surface area contributed by atoms with Crippen molar-refractivity contribution in [2.75, 3.05) is 6.54 Å². The lowest BCUT2D eigenvalue weighted by Crippen LogP contribution is -2.28. The summed E-state index contributed by atoms with van der Waals surface area (Å²) in [6.07, 6.45) is 2.27. The Bertz CT molecular complexity index is 551. The van der Waals surface area contributed by atoms with Crippen LogP contribution in [0, 0.1) is 0 Å². The van der Waals surface area contributed by atoms with Gasteiger partial charge in [0, 0.05) is 29.6 Å². The minimum atomic E-state index is 0.163. The summed E-state index contributed by atoms with van der Waals surface area (Å²) in [6, 6.07) is 9.81. The maximum absolute atomic E-state index is 12.1. The second kappa shape index (κ2) is 5.74. The van der Waals surface area contributed by atoms with Crippen LogP contribution in [0.4, 0.5) is 0 Å². The summed E-state index contributed by atoms with van der Waals surface area (Å²) in [5.41, 5.74) is 1.62. The van der Waals surface area contributed by atoms with Crippen molar-refractivity contribution >= 4 is 16.7 Å². The normalized spacial score (nSPS) is 12.6. The maximum Gasteiger partial charge on any atom is 0.164 e. The Morgan fingerprint density at radius 3 is 3.00 bits per heavy atom. The minimum Gasteiger partial charge on any atom is -0.314 e. The molecule has 1 unspecified atom stereocenters. The van der Waals surface area contributed by atoms with Crippen LogP contribution in [0.15, 0.2) is 36.5 Å². The Kier molecular flexibility index (Phi) is 4.05. The van der Waals surface area contributed by atoms with Crippen LogP contribution in [0.5, 0.6) is 0 Å². The van der Waals surface area contributed by atoms with Crippen LogP contribution in [0.3, 0.4) is 0 Å². The molecule has 0 fully saturated rings. The van der Waals surface area contributed by atoms with Crippen molar-refractivity contribution in [3.05, 3.63) is 42.1 Å². The summed E-state index contributed by atoms with van der Waals surface area (Å²) in [7, 11) is 0. The van der Waals surface area contributed by atoms with Gasteiger partial charge < -0.3 is 5.32 Å². The Labute approximate surface area is 107 Å².